The molecule has 2 rings (SSSR count). The van der Waals surface area contributed by atoms with E-state index in [4.69, 9.17) is 5.73 Å². The molecule has 0 spiro atoms. The Morgan fingerprint density at radius 3 is 2.50 bits per heavy atom. The van der Waals surface area contributed by atoms with Crippen molar-refractivity contribution in [2.45, 2.75) is 13.3 Å². The summed E-state index contributed by atoms with van der Waals surface area (Å²) >= 11 is 0. The Bertz CT molecular complexity index is 387. The molecule has 1 saturated heterocycles. The van der Waals surface area contributed by atoms with Crippen LogP contribution in [0, 0.1) is 5.82 Å². The Hall–Kier alpha value is -1.13. The monoisotopic (exact) mass is 251 g/mol. The van der Waals surface area contributed by atoms with E-state index >= 15 is 0 Å². The summed E-state index contributed by atoms with van der Waals surface area (Å²) in [5.74, 6) is -0.158. The summed E-state index contributed by atoms with van der Waals surface area (Å²) in [4.78, 5) is 4.67. The van der Waals surface area contributed by atoms with Gasteiger partial charge in [0.1, 0.15) is 5.82 Å². The average Bonchev–Trinajstić information content (AvgIpc) is 2.38. The lowest BCUT2D eigenvalue weighted by molar-refractivity contribution is 0.271. The molecule has 0 amide bonds. The van der Waals surface area contributed by atoms with Crippen molar-refractivity contribution in [3.63, 3.8) is 0 Å². The molecule has 1 heterocycles. The van der Waals surface area contributed by atoms with Crippen molar-refractivity contribution in [1.29, 1.82) is 0 Å². The van der Waals surface area contributed by atoms with Gasteiger partial charge in [-0.15, -0.1) is 0 Å². The van der Waals surface area contributed by atoms with Gasteiger partial charge in [-0.1, -0.05) is 6.92 Å². The molecule has 3 nitrogen and oxygen atoms in total. The zero-order chi connectivity index (χ0) is 13.0. The standard InChI is InChI=1S/C14H22FN3/c1-2-17-5-7-18(8-6-17)14-10-12(3-4-16)9-13(15)11-14/h9-11H,2-8,16H2,1H3. The van der Waals surface area contributed by atoms with Gasteiger partial charge in [0.15, 0.2) is 0 Å². The molecule has 1 fully saturated rings. The first-order valence-electron chi connectivity index (χ1n) is 6.69. The molecular weight excluding hydrogens is 229 g/mol. The van der Waals surface area contributed by atoms with Crippen LogP contribution in [0.3, 0.4) is 0 Å². The zero-order valence-electron chi connectivity index (χ0n) is 11.0. The maximum Gasteiger partial charge on any atom is 0.125 e. The number of hydrogen-bond donors (Lipinski definition) is 1. The SMILES string of the molecule is CCN1CCN(c2cc(F)cc(CCN)c2)CC1. The topological polar surface area (TPSA) is 32.5 Å². The maximum atomic E-state index is 13.6. The van der Waals surface area contributed by atoms with Crippen LogP contribution in [0.15, 0.2) is 18.2 Å². The number of nitrogens with two attached hydrogens (primary N) is 1. The second kappa shape index (κ2) is 6.16. The number of rotatable bonds is 4. The van der Waals surface area contributed by atoms with Gasteiger partial charge in [0.05, 0.1) is 0 Å². The van der Waals surface area contributed by atoms with Crippen LogP contribution in [0.5, 0.6) is 0 Å². The van der Waals surface area contributed by atoms with Crippen molar-refractivity contribution in [2.75, 3.05) is 44.2 Å². The Morgan fingerprint density at radius 1 is 1.17 bits per heavy atom. The molecule has 1 aliphatic rings. The lowest BCUT2D eigenvalue weighted by Crippen LogP contribution is -2.46. The largest absolute Gasteiger partial charge is 0.369 e. The summed E-state index contributed by atoms with van der Waals surface area (Å²) in [6.45, 7) is 7.89. The van der Waals surface area contributed by atoms with E-state index in [2.05, 4.69) is 22.8 Å². The molecule has 0 radical (unpaired) electrons. The lowest BCUT2D eigenvalue weighted by atomic mass is 10.1. The molecule has 1 aromatic carbocycles. The predicted octanol–water partition coefficient (Wildman–Crippen LogP) is 1.47. The molecule has 1 aromatic rings. The molecule has 0 aromatic heterocycles. The highest BCUT2D eigenvalue weighted by Gasteiger charge is 2.16. The first kappa shape index (κ1) is 13.3. The van der Waals surface area contributed by atoms with Crippen LogP contribution in [0.2, 0.25) is 0 Å². The summed E-state index contributed by atoms with van der Waals surface area (Å²) < 4.78 is 13.6. The number of benzene rings is 1. The second-order valence-corrected chi connectivity index (χ2v) is 4.78. The van der Waals surface area contributed by atoms with Gasteiger partial charge in [0, 0.05) is 31.9 Å². The number of piperazine rings is 1. The van der Waals surface area contributed by atoms with Gasteiger partial charge < -0.3 is 15.5 Å². The van der Waals surface area contributed by atoms with Crippen LogP contribution < -0.4 is 10.6 Å². The fourth-order valence-corrected chi connectivity index (χ4v) is 2.45. The third-order valence-electron chi connectivity index (χ3n) is 3.56. The van der Waals surface area contributed by atoms with Crippen LogP contribution in [0.4, 0.5) is 10.1 Å². The molecule has 0 saturated carbocycles. The number of anilines is 1. The van der Waals surface area contributed by atoms with Crippen molar-refractivity contribution >= 4 is 5.69 Å². The van der Waals surface area contributed by atoms with E-state index in [0.29, 0.717) is 6.54 Å². The molecule has 2 N–H and O–H groups in total. The van der Waals surface area contributed by atoms with Crippen LogP contribution in [-0.4, -0.2) is 44.2 Å². The Morgan fingerprint density at radius 2 is 1.89 bits per heavy atom. The molecule has 100 valence electrons. The molecule has 0 unspecified atom stereocenters. The van der Waals surface area contributed by atoms with Crippen LogP contribution >= 0.6 is 0 Å². The Kier molecular flexibility index (Phi) is 4.55. The Balaban J connectivity index is 2.08. The average molecular weight is 251 g/mol. The summed E-state index contributed by atoms with van der Waals surface area (Å²) in [5.41, 5.74) is 7.52. The predicted molar refractivity (Wildman–Crippen MR) is 73.5 cm³/mol. The summed E-state index contributed by atoms with van der Waals surface area (Å²) in [6, 6.07) is 5.28. The van der Waals surface area contributed by atoms with Crippen molar-refractivity contribution in [2.24, 2.45) is 5.73 Å². The van der Waals surface area contributed by atoms with E-state index in [1.807, 2.05) is 0 Å². The van der Waals surface area contributed by atoms with Crippen molar-refractivity contribution in [1.82, 2.24) is 4.90 Å². The smallest absolute Gasteiger partial charge is 0.125 e. The minimum absolute atomic E-state index is 0.158. The molecule has 1 aliphatic heterocycles. The molecule has 0 bridgehead atoms. The van der Waals surface area contributed by atoms with E-state index in [1.165, 1.54) is 0 Å². The van der Waals surface area contributed by atoms with E-state index in [9.17, 15) is 4.39 Å². The van der Waals surface area contributed by atoms with Crippen molar-refractivity contribution in [3.05, 3.63) is 29.6 Å². The minimum Gasteiger partial charge on any atom is -0.369 e. The number of likely N-dealkylation sites (N-methyl/N-ethyl adjacent to an activating group) is 1. The lowest BCUT2D eigenvalue weighted by Gasteiger charge is -2.35. The molecular formula is C14H22FN3. The van der Waals surface area contributed by atoms with Gasteiger partial charge in [-0.25, -0.2) is 4.39 Å². The first-order chi connectivity index (χ1) is 8.72. The summed E-state index contributed by atoms with van der Waals surface area (Å²) in [5, 5.41) is 0. The number of hydrogen-bond acceptors (Lipinski definition) is 3. The molecule has 4 heteroatoms. The Labute approximate surface area is 108 Å². The fraction of sp³-hybridized carbons (Fsp3) is 0.571. The van der Waals surface area contributed by atoms with Gasteiger partial charge in [0.2, 0.25) is 0 Å². The van der Waals surface area contributed by atoms with Crippen LogP contribution in [0.25, 0.3) is 0 Å². The number of nitrogens with zero attached hydrogens (tertiary/aromatic N) is 2. The van der Waals surface area contributed by atoms with E-state index in [0.717, 1.165) is 50.4 Å². The van der Waals surface area contributed by atoms with E-state index in [1.54, 1.807) is 12.1 Å². The third kappa shape index (κ3) is 3.21. The van der Waals surface area contributed by atoms with Gasteiger partial charge in [-0.3, -0.25) is 0 Å². The molecule has 0 aliphatic carbocycles. The highest BCUT2D eigenvalue weighted by atomic mass is 19.1. The first-order valence-corrected chi connectivity index (χ1v) is 6.69. The molecule has 0 atom stereocenters. The normalized spacial score (nSPS) is 17.2. The quantitative estimate of drug-likeness (QED) is 0.879. The minimum atomic E-state index is -0.158. The van der Waals surface area contributed by atoms with Crippen molar-refractivity contribution in [3.8, 4) is 0 Å². The van der Waals surface area contributed by atoms with Gasteiger partial charge in [-0.2, -0.15) is 0 Å². The summed E-state index contributed by atoms with van der Waals surface area (Å²) in [6.07, 6.45) is 0.736. The third-order valence-corrected chi connectivity index (χ3v) is 3.56. The summed E-state index contributed by atoms with van der Waals surface area (Å²) in [7, 11) is 0. The van der Waals surface area contributed by atoms with E-state index < -0.39 is 0 Å². The van der Waals surface area contributed by atoms with Crippen LogP contribution in [-0.2, 0) is 6.42 Å². The second-order valence-electron chi connectivity index (χ2n) is 4.78. The zero-order valence-corrected chi connectivity index (χ0v) is 11.0. The molecule has 18 heavy (non-hydrogen) atoms. The van der Waals surface area contributed by atoms with Crippen molar-refractivity contribution < 1.29 is 4.39 Å². The fourth-order valence-electron chi connectivity index (χ4n) is 2.45. The van der Waals surface area contributed by atoms with Gasteiger partial charge in [-0.05, 0) is 43.3 Å². The highest BCUT2D eigenvalue weighted by Crippen LogP contribution is 2.20. The van der Waals surface area contributed by atoms with Gasteiger partial charge in [0.25, 0.3) is 0 Å². The number of halogens is 1. The van der Waals surface area contributed by atoms with Gasteiger partial charge >= 0.3 is 0 Å². The van der Waals surface area contributed by atoms with E-state index in [-0.39, 0.29) is 5.82 Å². The van der Waals surface area contributed by atoms with Crippen LogP contribution in [0.1, 0.15) is 12.5 Å². The maximum absolute atomic E-state index is 13.6. The highest BCUT2D eigenvalue weighted by molar-refractivity contribution is 5.49.